The molecule has 0 amide bonds. The van der Waals surface area contributed by atoms with Crippen LogP contribution in [0.2, 0.25) is 0 Å². The lowest BCUT2D eigenvalue weighted by atomic mass is 10.2. The van der Waals surface area contributed by atoms with E-state index >= 15 is 0 Å². The molecule has 6 nitrogen and oxygen atoms in total. The number of fused-ring (bicyclic) bond motifs is 1. The number of thioether (sulfide) groups is 1. The van der Waals surface area contributed by atoms with Crippen LogP contribution in [0.3, 0.4) is 0 Å². The molecule has 0 unspecified atom stereocenters. The third-order valence-corrected chi connectivity index (χ3v) is 3.95. The Kier molecular flexibility index (Phi) is 4.02. The Bertz CT molecular complexity index is 1000. The van der Waals surface area contributed by atoms with E-state index in [0.29, 0.717) is 0 Å². The number of nitrogens with zero attached hydrogens (tertiary/aromatic N) is 4. The van der Waals surface area contributed by atoms with Gasteiger partial charge in [0.1, 0.15) is 5.39 Å². The van der Waals surface area contributed by atoms with E-state index in [4.69, 9.17) is 5.26 Å². The van der Waals surface area contributed by atoms with Gasteiger partial charge in [0.05, 0.1) is 29.3 Å². The van der Waals surface area contributed by atoms with Gasteiger partial charge in [-0.15, -0.1) is 0 Å². The maximum atomic E-state index is 12.9. The number of halogens is 3. The number of nitrogens with one attached hydrogen (secondary N) is 1. The first-order chi connectivity index (χ1) is 11.4. The van der Waals surface area contributed by atoms with E-state index in [2.05, 4.69) is 15.2 Å². The summed E-state index contributed by atoms with van der Waals surface area (Å²) in [7, 11) is 0. The first-order valence-corrected chi connectivity index (χ1v) is 7.54. The maximum Gasteiger partial charge on any atom is 0.416 e. The number of nitriles is 1. The second-order valence-corrected chi connectivity index (χ2v) is 5.60. The smallest absolute Gasteiger partial charge is 0.268 e. The largest absolute Gasteiger partial charge is 0.416 e. The van der Waals surface area contributed by atoms with Crippen LogP contribution >= 0.6 is 11.8 Å². The van der Waals surface area contributed by atoms with E-state index in [1.54, 1.807) is 0 Å². The molecular weight excluding hydrogens is 343 g/mol. The molecular formula is C14H8F3N5OS. The van der Waals surface area contributed by atoms with Gasteiger partial charge in [-0.1, -0.05) is 17.8 Å². The van der Waals surface area contributed by atoms with Gasteiger partial charge in [0.15, 0.2) is 10.8 Å². The highest BCUT2D eigenvalue weighted by atomic mass is 32.2. The van der Waals surface area contributed by atoms with E-state index in [1.165, 1.54) is 18.3 Å². The molecule has 2 aromatic heterocycles. The molecule has 0 saturated carbocycles. The first-order valence-electron chi connectivity index (χ1n) is 6.55. The van der Waals surface area contributed by atoms with Crippen molar-refractivity contribution in [3.05, 3.63) is 46.4 Å². The molecule has 24 heavy (non-hydrogen) atoms. The molecule has 0 aliphatic carbocycles. The van der Waals surface area contributed by atoms with Gasteiger partial charge in [0, 0.05) is 0 Å². The van der Waals surface area contributed by atoms with E-state index in [-0.39, 0.29) is 27.6 Å². The second-order valence-electron chi connectivity index (χ2n) is 4.66. The van der Waals surface area contributed by atoms with Crippen molar-refractivity contribution in [3.8, 4) is 11.8 Å². The van der Waals surface area contributed by atoms with Crippen LogP contribution < -0.4 is 5.56 Å². The molecule has 0 fully saturated rings. The Labute approximate surface area is 136 Å². The van der Waals surface area contributed by atoms with Gasteiger partial charge in [-0.05, 0) is 18.2 Å². The lowest BCUT2D eigenvalue weighted by Crippen LogP contribution is -2.22. The van der Waals surface area contributed by atoms with Crippen LogP contribution in [0, 0.1) is 11.3 Å². The van der Waals surface area contributed by atoms with Crippen molar-refractivity contribution in [2.75, 3.05) is 5.75 Å². The fraction of sp³-hybridized carbons (Fsp3) is 0.143. The number of H-pyrrole nitrogens is 1. The zero-order chi connectivity index (χ0) is 17.3. The van der Waals surface area contributed by atoms with Crippen molar-refractivity contribution < 1.29 is 13.2 Å². The van der Waals surface area contributed by atoms with Gasteiger partial charge in [0.25, 0.3) is 5.56 Å². The summed E-state index contributed by atoms with van der Waals surface area (Å²) in [5.41, 5.74) is -1.21. The zero-order valence-electron chi connectivity index (χ0n) is 11.8. The summed E-state index contributed by atoms with van der Waals surface area (Å²) in [6.45, 7) is 0. The van der Waals surface area contributed by atoms with Gasteiger partial charge < -0.3 is 0 Å². The molecule has 10 heteroatoms. The summed E-state index contributed by atoms with van der Waals surface area (Å²) >= 11 is 0.949. The van der Waals surface area contributed by atoms with Crippen molar-refractivity contribution in [2.45, 2.75) is 11.3 Å². The Balaban J connectivity index is 2.26. The third kappa shape index (κ3) is 2.85. The van der Waals surface area contributed by atoms with Crippen LogP contribution in [0.4, 0.5) is 13.2 Å². The van der Waals surface area contributed by atoms with Crippen LogP contribution in [0.25, 0.3) is 16.7 Å². The molecule has 1 N–H and O–H groups in total. The molecule has 0 saturated heterocycles. The maximum absolute atomic E-state index is 12.9. The fourth-order valence-corrected chi connectivity index (χ4v) is 2.78. The lowest BCUT2D eigenvalue weighted by Gasteiger charge is -2.13. The normalized spacial score (nSPS) is 11.6. The number of aromatic nitrogens is 4. The summed E-state index contributed by atoms with van der Waals surface area (Å²) in [6, 6.07) is 6.26. The van der Waals surface area contributed by atoms with Gasteiger partial charge in [0.2, 0.25) is 0 Å². The minimum Gasteiger partial charge on any atom is -0.268 e. The fourth-order valence-electron chi connectivity index (χ4n) is 2.12. The monoisotopic (exact) mass is 351 g/mol. The van der Waals surface area contributed by atoms with Crippen molar-refractivity contribution >= 4 is 22.8 Å². The second kappa shape index (κ2) is 6.01. The van der Waals surface area contributed by atoms with Crippen LogP contribution in [-0.2, 0) is 6.18 Å². The van der Waals surface area contributed by atoms with Crippen molar-refractivity contribution in [3.63, 3.8) is 0 Å². The molecule has 2 heterocycles. The minimum atomic E-state index is -4.53. The SMILES string of the molecule is N#CCSc1nc2[nH]ncc2c(=O)n1-c1cccc(C(F)(F)F)c1. The summed E-state index contributed by atoms with van der Waals surface area (Å²) in [5, 5.41) is 15.2. The van der Waals surface area contributed by atoms with Crippen LogP contribution in [-0.4, -0.2) is 25.5 Å². The van der Waals surface area contributed by atoms with Crippen molar-refractivity contribution in [1.29, 1.82) is 5.26 Å². The third-order valence-electron chi connectivity index (χ3n) is 3.15. The number of aromatic amines is 1. The molecule has 3 rings (SSSR count). The Morgan fingerprint density at radius 2 is 2.17 bits per heavy atom. The average Bonchev–Trinajstić information content (AvgIpc) is 3.01. The van der Waals surface area contributed by atoms with Crippen LogP contribution in [0.1, 0.15) is 5.56 Å². The predicted molar refractivity (Wildman–Crippen MR) is 80.8 cm³/mol. The van der Waals surface area contributed by atoms with Gasteiger partial charge in [-0.25, -0.2) is 4.98 Å². The lowest BCUT2D eigenvalue weighted by molar-refractivity contribution is -0.137. The molecule has 0 aliphatic rings. The highest BCUT2D eigenvalue weighted by molar-refractivity contribution is 7.99. The number of rotatable bonds is 3. The molecule has 0 radical (unpaired) electrons. The average molecular weight is 351 g/mol. The predicted octanol–water partition coefficient (Wildman–Crippen LogP) is 2.74. The summed E-state index contributed by atoms with van der Waals surface area (Å²) in [6.07, 6.45) is -3.28. The van der Waals surface area contributed by atoms with Gasteiger partial charge >= 0.3 is 6.18 Å². The van der Waals surface area contributed by atoms with E-state index < -0.39 is 17.3 Å². The summed E-state index contributed by atoms with van der Waals surface area (Å²) in [4.78, 5) is 16.8. The van der Waals surface area contributed by atoms with E-state index in [1.807, 2.05) is 6.07 Å². The summed E-state index contributed by atoms with van der Waals surface area (Å²) in [5.74, 6) is -0.00888. The highest BCUT2D eigenvalue weighted by Crippen LogP contribution is 2.31. The number of alkyl halides is 3. The molecule has 0 bridgehead atoms. The number of hydrogen-bond donors (Lipinski definition) is 1. The minimum absolute atomic E-state index is 0.00888. The number of benzene rings is 1. The molecule has 1 aromatic carbocycles. The zero-order valence-corrected chi connectivity index (χ0v) is 12.6. The van der Waals surface area contributed by atoms with Crippen molar-refractivity contribution in [2.24, 2.45) is 0 Å². The molecule has 0 atom stereocenters. The van der Waals surface area contributed by atoms with Gasteiger partial charge in [-0.3, -0.25) is 14.5 Å². The Morgan fingerprint density at radius 1 is 1.38 bits per heavy atom. The Hall–Kier alpha value is -2.80. The first kappa shape index (κ1) is 16.1. The molecule has 3 aromatic rings. The molecule has 0 spiro atoms. The quantitative estimate of drug-likeness (QED) is 0.579. The number of hydrogen-bond acceptors (Lipinski definition) is 5. The Morgan fingerprint density at radius 3 is 2.88 bits per heavy atom. The van der Waals surface area contributed by atoms with Crippen molar-refractivity contribution in [1.82, 2.24) is 19.7 Å². The standard InChI is InChI=1S/C14H8F3N5OS/c15-14(16,17)8-2-1-3-9(6-8)22-12(23)10-7-19-21-11(10)20-13(22)24-5-4-18/h1-3,6-7H,5H2,(H,19,21). The topological polar surface area (TPSA) is 87.4 Å². The van der Waals surface area contributed by atoms with E-state index in [9.17, 15) is 18.0 Å². The molecule has 122 valence electrons. The summed E-state index contributed by atoms with van der Waals surface area (Å²) < 4.78 is 39.8. The van der Waals surface area contributed by atoms with Crippen LogP contribution in [0.15, 0.2) is 40.4 Å². The molecule has 0 aliphatic heterocycles. The van der Waals surface area contributed by atoms with E-state index in [0.717, 1.165) is 28.5 Å². The van der Waals surface area contributed by atoms with Gasteiger partial charge in [-0.2, -0.15) is 23.5 Å². The highest BCUT2D eigenvalue weighted by Gasteiger charge is 2.31. The van der Waals surface area contributed by atoms with Crippen LogP contribution in [0.5, 0.6) is 0 Å².